The van der Waals surface area contributed by atoms with Crippen molar-refractivity contribution in [1.29, 1.82) is 0 Å². The van der Waals surface area contributed by atoms with Gasteiger partial charge in [-0.25, -0.2) is 8.78 Å². The molecule has 31 heavy (non-hydrogen) atoms. The van der Waals surface area contributed by atoms with E-state index in [1.54, 1.807) is 41.2 Å². The first-order chi connectivity index (χ1) is 15.0. The fourth-order valence-electron chi connectivity index (χ4n) is 2.78. The minimum absolute atomic E-state index is 0.0128. The molecular weight excluding hydrogens is 444 g/mol. The lowest BCUT2D eigenvalue weighted by atomic mass is 10.2. The predicted octanol–water partition coefficient (Wildman–Crippen LogP) is 4.99. The molecule has 0 saturated heterocycles. The van der Waals surface area contributed by atoms with E-state index >= 15 is 0 Å². The minimum Gasteiger partial charge on any atom is -0.325 e. The standard InChI is InChI=1S/C21H14ClF2N5OS/c22-14-1-4-16(5-2-14)29-20(13-7-9-25-10-8-13)27-28-21(29)31-12-19(30)26-15-3-6-17(23)18(24)11-15/h1-11H,12H2,(H,26,30). The van der Waals surface area contributed by atoms with Crippen LogP contribution < -0.4 is 5.32 Å². The van der Waals surface area contributed by atoms with Crippen LogP contribution in [-0.4, -0.2) is 31.4 Å². The summed E-state index contributed by atoms with van der Waals surface area (Å²) in [7, 11) is 0. The number of benzene rings is 2. The molecule has 1 N–H and O–H groups in total. The predicted molar refractivity (Wildman–Crippen MR) is 115 cm³/mol. The molecule has 0 atom stereocenters. The van der Waals surface area contributed by atoms with Crippen molar-refractivity contribution in [2.45, 2.75) is 5.16 Å². The molecule has 6 nitrogen and oxygen atoms in total. The van der Waals surface area contributed by atoms with Crippen LogP contribution in [0.15, 0.2) is 72.1 Å². The van der Waals surface area contributed by atoms with E-state index in [2.05, 4.69) is 20.5 Å². The molecule has 2 aromatic carbocycles. The highest BCUT2D eigenvalue weighted by atomic mass is 35.5. The number of pyridine rings is 1. The smallest absolute Gasteiger partial charge is 0.234 e. The second-order valence-electron chi connectivity index (χ2n) is 6.32. The number of carbonyl (C=O) groups is 1. The van der Waals surface area contributed by atoms with Gasteiger partial charge in [-0.2, -0.15) is 0 Å². The molecule has 0 aliphatic carbocycles. The van der Waals surface area contributed by atoms with Gasteiger partial charge in [0.05, 0.1) is 5.75 Å². The van der Waals surface area contributed by atoms with E-state index in [1.807, 2.05) is 12.1 Å². The number of thioether (sulfide) groups is 1. The fourth-order valence-corrected chi connectivity index (χ4v) is 3.65. The molecule has 2 aromatic heterocycles. The quantitative estimate of drug-likeness (QED) is 0.413. The maximum absolute atomic E-state index is 13.3. The second kappa shape index (κ2) is 9.23. The van der Waals surface area contributed by atoms with Crippen molar-refractivity contribution in [3.05, 3.63) is 83.6 Å². The fraction of sp³-hybridized carbons (Fsp3) is 0.0476. The first-order valence-corrected chi connectivity index (χ1v) is 10.4. The molecule has 0 spiro atoms. The van der Waals surface area contributed by atoms with Crippen LogP contribution >= 0.6 is 23.4 Å². The van der Waals surface area contributed by atoms with Gasteiger partial charge in [-0.05, 0) is 48.5 Å². The van der Waals surface area contributed by atoms with Crippen LogP contribution in [0.2, 0.25) is 5.02 Å². The number of carbonyl (C=O) groups excluding carboxylic acids is 1. The number of amides is 1. The number of halogens is 3. The number of nitrogens with one attached hydrogen (secondary N) is 1. The third-order valence-corrected chi connectivity index (χ3v) is 5.37. The van der Waals surface area contributed by atoms with Gasteiger partial charge in [0.2, 0.25) is 5.91 Å². The maximum atomic E-state index is 13.3. The normalized spacial score (nSPS) is 10.8. The van der Waals surface area contributed by atoms with Gasteiger partial charge in [0.15, 0.2) is 22.6 Å². The van der Waals surface area contributed by atoms with Gasteiger partial charge in [-0.3, -0.25) is 14.3 Å². The van der Waals surface area contributed by atoms with E-state index in [0.29, 0.717) is 16.0 Å². The number of hydrogen-bond donors (Lipinski definition) is 1. The molecule has 0 aliphatic rings. The molecule has 0 fully saturated rings. The first-order valence-electron chi connectivity index (χ1n) is 9.01. The molecule has 4 aromatic rings. The summed E-state index contributed by atoms with van der Waals surface area (Å²) in [6.07, 6.45) is 3.30. The van der Waals surface area contributed by atoms with Crippen molar-refractivity contribution >= 4 is 35.0 Å². The lowest BCUT2D eigenvalue weighted by Gasteiger charge is -2.11. The topological polar surface area (TPSA) is 72.7 Å². The van der Waals surface area contributed by atoms with Gasteiger partial charge in [-0.15, -0.1) is 10.2 Å². The van der Waals surface area contributed by atoms with Crippen molar-refractivity contribution in [3.8, 4) is 17.1 Å². The molecule has 10 heteroatoms. The summed E-state index contributed by atoms with van der Waals surface area (Å²) in [6.45, 7) is 0. The summed E-state index contributed by atoms with van der Waals surface area (Å²) < 4.78 is 28.2. The Kier molecular flexibility index (Phi) is 6.24. The van der Waals surface area contributed by atoms with Crippen molar-refractivity contribution in [2.24, 2.45) is 0 Å². The Bertz CT molecular complexity index is 1220. The van der Waals surface area contributed by atoms with Crippen LogP contribution in [0.1, 0.15) is 0 Å². The molecule has 0 bridgehead atoms. The van der Waals surface area contributed by atoms with Crippen LogP contribution in [0.5, 0.6) is 0 Å². The van der Waals surface area contributed by atoms with Crippen molar-refractivity contribution < 1.29 is 13.6 Å². The zero-order valence-corrected chi connectivity index (χ0v) is 17.4. The van der Waals surface area contributed by atoms with E-state index in [1.165, 1.54) is 6.07 Å². The van der Waals surface area contributed by atoms with Crippen LogP contribution in [0.25, 0.3) is 17.1 Å². The SMILES string of the molecule is O=C(CSc1nnc(-c2ccncc2)n1-c1ccc(Cl)cc1)Nc1ccc(F)c(F)c1. The molecule has 156 valence electrons. The van der Waals surface area contributed by atoms with Gasteiger partial charge in [0.25, 0.3) is 0 Å². The highest BCUT2D eigenvalue weighted by Gasteiger charge is 2.17. The zero-order valence-electron chi connectivity index (χ0n) is 15.8. The van der Waals surface area contributed by atoms with E-state index < -0.39 is 17.5 Å². The van der Waals surface area contributed by atoms with E-state index in [4.69, 9.17) is 11.6 Å². The summed E-state index contributed by atoms with van der Waals surface area (Å²) in [5.74, 6) is -1.84. The van der Waals surface area contributed by atoms with Crippen molar-refractivity contribution in [1.82, 2.24) is 19.7 Å². The average Bonchev–Trinajstić information content (AvgIpc) is 3.20. The molecule has 1 amide bonds. The van der Waals surface area contributed by atoms with E-state index in [0.717, 1.165) is 35.1 Å². The first kappa shape index (κ1) is 21.0. The molecular formula is C21H14ClF2N5OS. The molecule has 0 saturated carbocycles. The molecule has 0 aliphatic heterocycles. The van der Waals surface area contributed by atoms with Gasteiger partial charge in [0, 0.05) is 40.4 Å². The molecule has 0 unspecified atom stereocenters. The largest absolute Gasteiger partial charge is 0.325 e. The summed E-state index contributed by atoms with van der Waals surface area (Å²) in [6, 6.07) is 13.9. The third kappa shape index (κ3) is 4.89. The Labute approximate surface area is 185 Å². The number of hydrogen-bond acceptors (Lipinski definition) is 5. The van der Waals surface area contributed by atoms with Gasteiger partial charge in [0.1, 0.15) is 0 Å². The highest BCUT2D eigenvalue weighted by Crippen LogP contribution is 2.28. The van der Waals surface area contributed by atoms with Crippen LogP contribution in [0.3, 0.4) is 0 Å². The molecule has 4 rings (SSSR count). The summed E-state index contributed by atoms with van der Waals surface area (Å²) in [5.41, 5.74) is 1.74. The van der Waals surface area contributed by atoms with Gasteiger partial charge < -0.3 is 5.32 Å². The van der Waals surface area contributed by atoms with Gasteiger partial charge >= 0.3 is 0 Å². The van der Waals surface area contributed by atoms with Crippen LogP contribution in [-0.2, 0) is 4.79 Å². The zero-order chi connectivity index (χ0) is 21.8. The number of anilines is 1. The van der Waals surface area contributed by atoms with E-state index in [-0.39, 0.29) is 11.4 Å². The number of rotatable bonds is 6. The lowest BCUT2D eigenvalue weighted by Crippen LogP contribution is -2.15. The van der Waals surface area contributed by atoms with Crippen LogP contribution in [0.4, 0.5) is 14.5 Å². The van der Waals surface area contributed by atoms with E-state index in [9.17, 15) is 13.6 Å². The monoisotopic (exact) mass is 457 g/mol. The number of nitrogens with zero attached hydrogens (tertiary/aromatic N) is 4. The Balaban J connectivity index is 1.57. The van der Waals surface area contributed by atoms with Crippen LogP contribution in [0, 0.1) is 11.6 Å². The lowest BCUT2D eigenvalue weighted by molar-refractivity contribution is -0.113. The summed E-state index contributed by atoms with van der Waals surface area (Å²) in [5, 5.41) is 12.1. The minimum atomic E-state index is -1.03. The summed E-state index contributed by atoms with van der Waals surface area (Å²) in [4.78, 5) is 16.3. The Morgan fingerprint density at radius 3 is 2.45 bits per heavy atom. The molecule has 2 heterocycles. The van der Waals surface area contributed by atoms with Gasteiger partial charge in [-0.1, -0.05) is 23.4 Å². The molecule has 0 radical (unpaired) electrons. The highest BCUT2D eigenvalue weighted by molar-refractivity contribution is 7.99. The Morgan fingerprint density at radius 1 is 1.00 bits per heavy atom. The van der Waals surface area contributed by atoms with Crippen molar-refractivity contribution in [3.63, 3.8) is 0 Å². The number of aromatic nitrogens is 4. The second-order valence-corrected chi connectivity index (χ2v) is 7.70. The maximum Gasteiger partial charge on any atom is 0.234 e. The Morgan fingerprint density at radius 2 is 1.74 bits per heavy atom. The average molecular weight is 458 g/mol. The summed E-state index contributed by atoms with van der Waals surface area (Å²) >= 11 is 7.17. The Hall–Kier alpha value is -3.30. The third-order valence-electron chi connectivity index (χ3n) is 4.19. The van der Waals surface area contributed by atoms with Crippen molar-refractivity contribution in [2.75, 3.05) is 11.1 Å².